The third-order valence-electron chi connectivity index (χ3n) is 5.11. The highest BCUT2D eigenvalue weighted by molar-refractivity contribution is 5.96. The zero-order valence-corrected chi connectivity index (χ0v) is 15.7. The van der Waals surface area contributed by atoms with Crippen molar-refractivity contribution in [3.05, 3.63) is 59.2 Å². The number of amides is 1. The van der Waals surface area contributed by atoms with Crippen molar-refractivity contribution in [1.82, 2.24) is 0 Å². The van der Waals surface area contributed by atoms with Crippen molar-refractivity contribution >= 4 is 17.3 Å². The number of rotatable bonds is 4. The van der Waals surface area contributed by atoms with Gasteiger partial charge in [-0.2, -0.15) is 0 Å². The maximum absolute atomic E-state index is 12.7. The van der Waals surface area contributed by atoms with Crippen molar-refractivity contribution in [3.63, 3.8) is 0 Å². The average molecular weight is 336 g/mol. The number of para-hydroxylation sites is 2. The Morgan fingerprint density at radius 2 is 1.84 bits per heavy atom. The van der Waals surface area contributed by atoms with Crippen molar-refractivity contribution in [2.45, 2.75) is 59.0 Å². The van der Waals surface area contributed by atoms with Crippen LogP contribution in [0.2, 0.25) is 0 Å². The number of fused-ring (bicyclic) bond motifs is 1. The summed E-state index contributed by atoms with van der Waals surface area (Å²) in [6.07, 6.45) is 2.41. The Morgan fingerprint density at radius 1 is 1.12 bits per heavy atom. The van der Waals surface area contributed by atoms with E-state index in [0.29, 0.717) is 6.42 Å². The molecule has 1 aliphatic rings. The molecule has 0 bridgehead atoms. The Hall–Kier alpha value is -2.29. The van der Waals surface area contributed by atoms with Crippen LogP contribution in [0.4, 0.5) is 11.4 Å². The number of anilines is 2. The van der Waals surface area contributed by atoms with Gasteiger partial charge < -0.3 is 10.2 Å². The molecular weight excluding hydrogens is 308 g/mol. The van der Waals surface area contributed by atoms with E-state index in [-0.39, 0.29) is 18.0 Å². The maximum Gasteiger partial charge on any atom is 0.227 e. The number of benzene rings is 2. The number of nitrogens with one attached hydrogen (secondary N) is 1. The Balaban J connectivity index is 2.00. The molecule has 3 heteroatoms. The molecule has 1 aliphatic heterocycles. The first kappa shape index (κ1) is 17.5. The van der Waals surface area contributed by atoms with Gasteiger partial charge in [-0.15, -0.1) is 0 Å². The van der Waals surface area contributed by atoms with Gasteiger partial charge in [0.05, 0.1) is 11.7 Å². The summed E-state index contributed by atoms with van der Waals surface area (Å²) in [5.41, 5.74) is 5.91. The Morgan fingerprint density at radius 3 is 2.56 bits per heavy atom. The van der Waals surface area contributed by atoms with Crippen molar-refractivity contribution < 1.29 is 4.79 Å². The molecule has 132 valence electrons. The van der Waals surface area contributed by atoms with E-state index in [2.05, 4.69) is 75.5 Å². The van der Waals surface area contributed by atoms with Crippen LogP contribution in [0, 0.1) is 13.8 Å². The Kier molecular flexibility index (Phi) is 5.12. The molecule has 1 heterocycles. The standard InChI is InChI=1S/C22H28N2O/c1-5-9-21(25)24-17(4)14-20(18-12-8-11-16(3)22(18)24)23-19-13-7-6-10-15(19)2/h6-8,10-13,17,20,23H,5,9,14H2,1-4H3/t17-,20+/m1/s1. The van der Waals surface area contributed by atoms with Crippen molar-refractivity contribution in [2.75, 3.05) is 10.2 Å². The van der Waals surface area contributed by atoms with Gasteiger partial charge in [0.25, 0.3) is 0 Å². The molecule has 0 spiro atoms. The second kappa shape index (κ2) is 7.30. The first-order valence-corrected chi connectivity index (χ1v) is 9.26. The molecule has 0 unspecified atom stereocenters. The summed E-state index contributed by atoms with van der Waals surface area (Å²) in [7, 11) is 0. The number of nitrogens with zero attached hydrogens (tertiary/aromatic N) is 1. The summed E-state index contributed by atoms with van der Waals surface area (Å²) < 4.78 is 0. The van der Waals surface area contributed by atoms with E-state index in [1.54, 1.807) is 0 Å². The minimum absolute atomic E-state index is 0.189. The van der Waals surface area contributed by atoms with Gasteiger partial charge in [0.2, 0.25) is 5.91 Å². The molecule has 2 aromatic rings. The lowest BCUT2D eigenvalue weighted by Crippen LogP contribution is -2.44. The van der Waals surface area contributed by atoms with Gasteiger partial charge in [0, 0.05) is 18.2 Å². The number of aryl methyl sites for hydroxylation is 2. The van der Waals surface area contributed by atoms with Crippen LogP contribution in [0.3, 0.4) is 0 Å². The van der Waals surface area contributed by atoms with Gasteiger partial charge in [0.1, 0.15) is 0 Å². The molecule has 0 saturated heterocycles. The number of carbonyl (C=O) groups is 1. The van der Waals surface area contributed by atoms with Gasteiger partial charge in [-0.1, -0.05) is 43.3 Å². The monoisotopic (exact) mass is 336 g/mol. The van der Waals surface area contributed by atoms with Crippen molar-refractivity contribution in [1.29, 1.82) is 0 Å². The van der Waals surface area contributed by atoms with Crippen molar-refractivity contribution in [3.8, 4) is 0 Å². The Labute approximate surface area is 151 Å². The summed E-state index contributed by atoms with van der Waals surface area (Å²) in [5, 5.41) is 3.72. The predicted octanol–water partition coefficient (Wildman–Crippen LogP) is 5.38. The molecule has 3 nitrogen and oxygen atoms in total. The topological polar surface area (TPSA) is 32.3 Å². The van der Waals surface area contributed by atoms with Crippen LogP contribution in [0.15, 0.2) is 42.5 Å². The van der Waals surface area contributed by atoms with E-state index >= 15 is 0 Å². The largest absolute Gasteiger partial charge is 0.378 e. The van der Waals surface area contributed by atoms with E-state index in [1.165, 1.54) is 22.4 Å². The fraction of sp³-hybridized carbons (Fsp3) is 0.409. The van der Waals surface area contributed by atoms with Crippen molar-refractivity contribution in [2.24, 2.45) is 0 Å². The molecular formula is C22H28N2O. The first-order valence-electron chi connectivity index (χ1n) is 9.26. The highest BCUT2D eigenvalue weighted by atomic mass is 16.2. The number of hydrogen-bond donors (Lipinski definition) is 1. The number of hydrogen-bond acceptors (Lipinski definition) is 2. The zero-order chi connectivity index (χ0) is 18.0. The van der Waals surface area contributed by atoms with E-state index in [0.717, 1.165) is 18.5 Å². The average Bonchev–Trinajstić information content (AvgIpc) is 2.58. The minimum atomic E-state index is 0.189. The fourth-order valence-corrected chi connectivity index (χ4v) is 3.85. The molecule has 2 atom stereocenters. The lowest BCUT2D eigenvalue weighted by molar-refractivity contribution is -0.119. The first-order chi connectivity index (χ1) is 12.0. The van der Waals surface area contributed by atoms with E-state index in [1.807, 2.05) is 4.90 Å². The summed E-state index contributed by atoms with van der Waals surface area (Å²) in [4.78, 5) is 14.8. The lowest BCUT2D eigenvalue weighted by Gasteiger charge is -2.41. The van der Waals surface area contributed by atoms with Gasteiger partial charge in [-0.3, -0.25) is 4.79 Å². The number of carbonyl (C=O) groups excluding carboxylic acids is 1. The Bertz CT molecular complexity index is 768. The fourth-order valence-electron chi connectivity index (χ4n) is 3.85. The molecule has 0 fully saturated rings. The van der Waals surface area contributed by atoms with E-state index in [4.69, 9.17) is 0 Å². The normalized spacial score (nSPS) is 19.4. The smallest absolute Gasteiger partial charge is 0.227 e. The molecule has 0 saturated carbocycles. The summed E-state index contributed by atoms with van der Waals surface area (Å²) in [6, 6.07) is 15.2. The van der Waals surface area contributed by atoms with E-state index in [9.17, 15) is 4.79 Å². The predicted molar refractivity (Wildman–Crippen MR) is 105 cm³/mol. The molecule has 0 radical (unpaired) electrons. The molecule has 3 rings (SSSR count). The summed E-state index contributed by atoms with van der Waals surface area (Å²) >= 11 is 0. The van der Waals surface area contributed by atoms with Crippen LogP contribution >= 0.6 is 0 Å². The van der Waals surface area contributed by atoms with Crippen LogP contribution in [0.25, 0.3) is 0 Å². The lowest BCUT2D eigenvalue weighted by atomic mass is 9.89. The van der Waals surface area contributed by atoms with Gasteiger partial charge >= 0.3 is 0 Å². The van der Waals surface area contributed by atoms with Crippen LogP contribution in [0.1, 0.15) is 55.8 Å². The second-order valence-electron chi connectivity index (χ2n) is 7.12. The summed E-state index contributed by atoms with van der Waals surface area (Å²) in [6.45, 7) is 8.46. The van der Waals surface area contributed by atoms with Gasteiger partial charge in [0.15, 0.2) is 0 Å². The highest BCUT2D eigenvalue weighted by Crippen LogP contribution is 2.41. The quantitative estimate of drug-likeness (QED) is 0.812. The molecule has 0 aliphatic carbocycles. The molecule has 1 amide bonds. The van der Waals surface area contributed by atoms with Crippen LogP contribution < -0.4 is 10.2 Å². The molecule has 25 heavy (non-hydrogen) atoms. The van der Waals surface area contributed by atoms with Gasteiger partial charge in [-0.25, -0.2) is 0 Å². The molecule has 1 N–H and O–H groups in total. The SMILES string of the molecule is CCCC(=O)N1c2c(C)cccc2[C@@H](Nc2ccccc2C)C[C@H]1C. The minimum Gasteiger partial charge on any atom is -0.378 e. The van der Waals surface area contributed by atoms with E-state index < -0.39 is 0 Å². The maximum atomic E-state index is 12.7. The third kappa shape index (κ3) is 3.41. The second-order valence-corrected chi connectivity index (χ2v) is 7.12. The highest BCUT2D eigenvalue weighted by Gasteiger charge is 2.34. The van der Waals surface area contributed by atoms with Crippen LogP contribution in [-0.4, -0.2) is 11.9 Å². The van der Waals surface area contributed by atoms with Crippen LogP contribution in [-0.2, 0) is 4.79 Å². The zero-order valence-electron chi connectivity index (χ0n) is 15.7. The summed E-state index contributed by atoms with van der Waals surface area (Å²) in [5.74, 6) is 0.236. The molecule has 2 aromatic carbocycles. The third-order valence-corrected chi connectivity index (χ3v) is 5.11. The van der Waals surface area contributed by atoms with Gasteiger partial charge in [-0.05, 0) is 56.4 Å². The van der Waals surface area contributed by atoms with Crippen LogP contribution in [0.5, 0.6) is 0 Å². The molecule has 0 aromatic heterocycles.